The number of rotatable bonds is 5. The van der Waals surface area contributed by atoms with Crippen LogP contribution in [0.5, 0.6) is 0 Å². The van der Waals surface area contributed by atoms with E-state index in [-0.39, 0.29) is 0 Å². The zero-order valence-corrected chi connectivity index (χ0v) is 14.5. The van der Waals surface area contributed by atoms with Crippen LogP contribution in [-0.2, 0) is 9.84 Å². The molecular formula is C21H20O2S. The van der Waals surface area contributed by atoms with Crippen LogP contribution in [0.4, 0.5) is 0 Å². The zero-order chi connectivity index (χ0) is 17.3. The van der Waals surface area contributed by atoms with Gasteiger partial charge in [-0.1, -0.05) is 48.2 Å². The van der Waals surface area contributed by atoms with E-state index in [0.717, 1.165) is 5.56 Å². The van der Waals surface area contributed by atoms with E-state index in [1.165, 1.54) is 0 Å². The first-order valence-corrected chi connectivity index (χ1v) is 9.37. The first-order chi connectivity index (χ1) is 11.6. The van der Waals surface area contributed by atoms with Crippen molar-refractivity contribution in [1.82, 2.24) is 0 Å². The summed E-state index contributed by atoms with van der Waals surface area (Å²) in [7, 11) is -3.48. The van der Waals surface area contributed by atoms with Crippen molar-refractivity contribution in [2.75, 3.05) is 0 Å². The molecule has 0 saturated carbocycles. The van der Waals surface area contributed by atoms with Gasteiger partial charge in [-0.25, -0.2) is 8.42 Å². The Bertz CT molecular complexity index is 877. The fraction of sp³-hybridized carbons (Fsp3) is 0.190. The molecule has 0 aliphatic rings. The highest BCUT2D eigenvalue weighted by Gasteiger charge is 2.19. The highest BCUT2D eigenvalue weighted by Crippen LogP contribution is 2.22. The van der Waals surface area contributed by atoms with E-state index >= 15 is 0 Å². The molecule has 0 aliphatic carbocycles. The molecule has 2 aromatic rings. The van der Waals surface area contributed by atoms with Crippen molar-refractivity contribution in [1.29, 1.82) is 0 Å². The summed E-state index contributed by atoms with van der Waals surface area (Å²) < 4.78 is 25.3. The van der Waals surface area contributed by atoms with Crippen LogP contribution in [0.1, 0.15) is 31.7 Å². The number of hydrogen-bond donors (Lipinski definition) is 0. The summed E-state index contributed by atoms with van der Waals surface area (Å²) >= 11 is 0. The van der Waals surface area contributed by atoms with E-state index in [0.29, 0.717) is 29.1 Å². The highest BCUT2D eigenvalue weighted by molar-refractivity contribution is 7.95. The first-order valence-electron chi connectivity index (χ1n) is 7.89. The Balaban J connectivity index is 2.03. The largest absolute Gasteiger partial charge is 0.218 e. The smallest absolute Gasteiger partial charge is 0.210 e. The van der Waals surface area contributed by atoms with Gasteiger partial charge in [0.2, 0.25) is 9.84 Å². The summed E-state index contributed by atoms with van der Waals surface area (Å²) in [6.07, 6.45) is 3.41. The fourth-order valence-corrected chi connectivity index (χ4v) is 3.70. The van der Waals surface area contributed by atoms with Crippen molar-refractivity contribution in [3.8, 4) is 11.8 Å². The Kier molecular flexibility index (Phi) is 6.63. The van der Waals surface area contributed by atoms with Crippen LogP contribution in [0, 0.1) is 11.8 Å². The van der Waals surface area contributed by atoms with Crippen LogP contribution >= 0.6 is 0 Å². The first kappa shape index (κ1) is 17.8. The predicted octanol–water partition coefficient (Wildman–Crippen LogP) is 4.74. The Hall–Kier alpha value is -2.53. The van der Waals surface area contributed by atoms with Gasteiger partial charge in [-0.2, -0.15) is 0 Å². The molecule has 0 fully saturated rings. The summed E-state index contributed by atoms with van der Waals surface area (Å²) in [5, 5.41) is 0. The summed E-state index contributed by atoms with van der Waals surface area (Å²) in [6.45, 7) is 1.77. The number of allylic oxidation sites excluding steroid dienone is 1. The maximum absolute atomic E-state index is 12.7. The van der Waals surface area contributed by atoms with Crippen molar-refractivity contribution in [2.24, 2.45) is 0 Å². The van der Waals surface area contributed by atoms with E-state index in [2.05, 4.69) is 17.6 Å². The number of benzene rings is 2. The monoisotopic (exact) mass is 336 g/mol. The molecule has 0 radical (unpaired) electrons. The SMILES string of the molecule is CC=C=C(CCCC#Cc1ccccc1)S(=O)(=O)c1ccccc1. The van der Waals surface area contributed by atoms with Crippen molar-refractivity contribution in [3.63, 3.8) is 0 Å². The lowest BCUT2D eigenvalue weighted by atomic mass is 10.2. The van der Waals surface area contributed by atoms with E-state index in [1.807, 2.05) is 30.3 Å². The lowest BCUT2D eigenvalue weighted by Crippen LogP contribution is -2.04. The molecule has 0 N–H and O–H groups in total. The molecule has 0 amide bonds. The molecule has 0 aliphatic heterocycles. The molecule has 3 heteroatoms. The van der Waals surface area contributed by atoms with Gasteiger partial charge in [0.05, 0.1) is 9.80 Å². The fourth-order valence-electron chi connectivity index (χ4n) is 2.21. The second-order valence-electron chi connectivity index (χ2n) is 5.19. The van der Waals surface area contributed by atoms with Crippen molar-refractivity contribution < 1.29 is 8.42 Å². The van der Waals surface area contributed by atoms with Gasteiger partial charge in [-0.3, -0.25) is 0 Å². The Morgan fingerprint density at radius 1 is 1.00 bits per heavy atom. The Morgan fingerprint density at radius 3 is 2.25 bits per heavy atom. The molecule has 0 saturated heterocycles. The average Bonchev–Trinajstić information content (AvgIpc) is 2.62. The second kappa shape index (κ2) is 8.93. The zero-order valence-electron chi connectivity index (χ0n) is 13.7. The summed E-state index contributed by atoms with van der Waals surface area (Å²) in [5.41, 5.74) is 3.86. The predicted molar refractivity (Wildman–Crippen MR) is 98.1 cm³/mol. The Labute approximate surface area is 144 Å². The van der Waals surface area contributed by atoms with Gasteiger partial charge in [-0.05, 0) is 50.1 Å². The maximum Gasteiger partial charge on any atom is 0.210 e. The minimum atomic E-state index is -3.48. The third-order valence-corrected chi connectivity index (χ3v) is 5.26. The lowest BCUT2D eigenvalue weighted by molar-refractivity contribution is 0.599. The summed E-state index contributed by atoms with van der Waals surface area (Å²) in [4.78, 5) is 0.627. The molecule has 24 heavy (non-hydrogen) atoms. The standard InChI is InChI=1S/C21H20O2S/c1-2-12-20(24(22,23)21-17-10-5-11-18-21)16-9-4-8-15-19-13-6-3-7-14-19/h2-3,5-7,10-11,13-14,17-18H,4,9,16H2,1H3. The molecule has 0 unspecified atom stereocenters. The van der Waals surface area contributed by atoms with Gasteiger partial charge in [0.25, 0.3) is 0 Å². The highest BCUT2D eigenvalue weighted by atomic mass is 32.2. The third-order valence-electron chi connectivity index (χ3n) is 3.40. The molecule has 0 aromatic heterocycles. The average molecular weight is 336 g/mol. The molecule has 0 spiro atoms. The van der Waals surface area contributed by atoms with Crippen LogP contribution < -0.4 is 0 Å². The van der Waals surface area contributed by atoms with E-state index in [1.54, 1.807) is 43.3 Å². The van der Waals surface area contributed by atoms with Gasteiger partial charge in [0, 0.05) is 12.0 Å². The van der Waals surface area contributed by atoms with Crippen LogP contribution in [0.3, 0.4) is 0 Å². The molecule has 2 aromatic carbocycles. The molecule has 0 bridgehead atoms. The van der Waals surface area contributed by atoms with Gasteiger partial charge >= 0.3 is 0 Å². The van der Waals surface area contributed by atoms with Gasteiger partial charge in [-0.15, -0.1) is 5.73 Å². The van der Waals surface area contributed by atoms with Crippen molar-refractivity contribution in [3.05, 3.63) is 82.9 Å². The Morgan fingerprint density at radius 2 is 1.62 bits per heavy atom. The maximum atomic E-state index is 12.7. The summed E-state index contributed by atoms with van der Waals surface area (Å²) in [5.74, 6) is 6.18. The van der Waals surface area contributed by atoms with Crippen LogP contribution in [-0.4, -0.2) is 8.42 Å². The minimum Gasteiger partial charge on any atom is -0.218 e. The molecule has 122 valence electrons. The minimum absolute atomic E-state index is 0.310. The molecule has 0 heterocycles. The van der Waals surface area contributed by atoms with E-state index in [4.69, 9.17) is 0 Å². The second-order valence-corrected chi connectivity index (χ2v) is 7.17. The summed E-state index contributed by atoms with van der Waals surface area (Å²) in [6, 6.07) is 18.2. The topological polar surface area (TPSA) is 34.1 Å². The van der Waals surface area contributed by atoms with Gasteiger partial charge in [0.1, 0.15) is 0 Å². The molecule has 2 rings (SSSR count). The normalized spacial score (nSPS) is 10.2. The lowest BCUT2D eigenvalue weighted by Gasteiger charge is -2.06. The van der Waals surface area contributed by atoms with Crippen molar-refractivity contribution >= 4 is 9.84 Å². The van der Waals surface area contributed by atoms with Crippen LogP contribution in [0.25, 0.3) is 0 Å². The van der Waals surface area contributed by atoms with Crippen LogP contribution in [0.2, 0.25) is 0 Å². The van der Waals surface area contributed by atoms with E-state index < -0.39 is 9.84 Å². The molecule has 0 atom stereocenters. The quantitative estimate of drug-likeness (QED) is 0.449. The van der Waals surface area contributed by atoms with Crippen LogP contribution in [0.15, 0.2) is 82.3 Å². The number of unbranched alkanes of at least 4 members (excludes halogenated alkanes) is 1. The van der Waals surface area contributed by atoms with Gasteiger partial charge in [0.15, 0.2) is 0 Å². The van der Waals surface area contributed by atoms with E-state index in [9.17, 15) is 8.42 Å². The number of sulfone groups is 1. The molecule has 2 nitrogen and oxygen atoms in total. The third kappa shape index (κ3) is 4.99. The number of hydrogen-bond acceptors (Lipinski definition) is 2. The van der Waals surface area contributed by atoms with Crippen molar-refractivity contribution in [2.45, 2.75) is 31.1 Å². The van der Waals surface area contributed by atoms with Gasteiger partial charge < -0.3 is 0 Å². The molecular weight excluding hydrogens is 316 g/mol.